The van der Waals surface area contributed by atoms with Crippen molar-refractivity contribution in [2.45, 2.75) is 26.2 Å². The zero-order chi connectivity index (χ0) is 10.8. The molecular formula is C13H16O. The summed E-state index contributed by atoms with van der Waals surface area (Å²) >= 11 is 0. The molecule has 0 N–H and O–H groups in total. The lowest BCUT2D eigenvalue weighted by molar-refractivity contribution is 0.400. The van der Waals surface area contributed by atoms with Gasteiger partial charge in [0.1, 0.15) is 5.75 Å². The van der Waals surface area contributed by atoms with E-state index >= 15 is 0 Å². The summed E-state index contributed by atoms with van der Waals surface area (Å²) in [7, 11) is 1.68. The van der Waals surface area contributed by atoms with Crippen LogP contribution in [-0.2, 0) is 5.41 Å². The molecule has 0 saturated carbocycles. The molecule has 1 aromatic rings. The normalized spacial score (nSPS) is 10.8. The second-order valence-corrected chi connectivity index (χ2v) is 3.93. The van der Waals surface area contributed by atoms with Crippen LogP contribution in [0, 0.1) is 19.3 Å². The van der Waals surface area contributed by atoms with Crippen molar-refractivity contribution in [1.82, 2.24) is 0 Å². The van der Waals surface area contributed by atoms with Crippen LogP contribution in [0.5, 0.6) is 5.75 Å². The maximum absolute atomic E-state index is 5.51. The standard InChI is InChI=1S/C13H16O/c1-6-13(3,4)11-9-7-8-10(2)12(11)14-5/h1,7-9H,2-5H3. The van der Waals surface area contributed by atoms with E-state index in [1.807, 2.05) is 39.0 Å². The van der Waals surface area contributed by atoms with Crippen LogP contribution in [0.4, 0.5) is 0 Å². The molecule has 0 bridgehead atoms. The third-order valence-electron chi connectivity index (χ3n) is 2.45. The van der Waals surface area contributed by atoms with E-state index in [1.54, 1.807) is 7.11 Å². The first-order chi connectivity index (χ1) is 6.53. The van der Waals surface area contributed by atoms with E-state index in [-0.39, 0.29) is 5.41 Å². The summed E-state index contributed by atoms with van der Waals surface area (Å²) in [5, 5.41) is 0. The molecule has 0 aliphatic heterocycles. The predicted molar refractivity (Wildman–Crippen MR) is 59.6 cm³/mol. The van der Waals surface area contributed by atoms with Gasteiger partial charge in [-0.15, -0.1) is 6.42 Å². The van der Waals surface area contributed by atoms with Crippen molar-refractivity contribution in [3.8, 4) is 18.1 Å². The van der Waals surface area contributed by atoms with Gasteiger partial charge in [-0.05, 0) is 26.3 Å². The molecule has 0 radical (unpaired) electrons. The van der Waals surface area contributed by atoms with Gasteiger partial charge in [0.15, 0.2) is 0 Å². The monoisotopic (exact) mass is 188 g/mol. The minimum atomic E-state index is -0.280. The SMILES string of the molecule is C#CC(C)(C)c1cccc(C)c1OC. The number of ether oxygens (including phenoxy) is 1. The lowest BCUT2D eigenvalue weighted by atomic mass is 9.84. The Bertz CT molecular complexity index is 369. The van der Waals surface area contributed by atoms with Crippen molar-refractivity contribution < 1.29 is 4.74 Å². The number of methoxy groups -OCH3 is 1. The number of aryl methyl sites for hydroxylation is 1. The summed E-state index contributed by atoms with van der Waals surface area (Å²) in [6, 6.07) is 6.05. The van der Waals surface area contributed by atoms with Crippen LogP contribution in [0.1, 0.15) is 25.0 Å². The van der Waals surface area contributed by atoms with E-state index in [0.717, 1.165) is 16.9 Å². The minimum Gasteiger partial charge on any atom is -0.496 e. The lowest BCUT2D eigenvalue weighted by Gasteiger charge is -2.22. The number of hydrogen-bond donors (Lipinski definition) is 0. The number of hydrogen-bond acceptors (Lipinski definition) is 1. The van der Waals surface area contributed by atoms with Gasteiger partial charge < -0.3 is 4.74 Å². The minimum absolute atomic E-state index is 0.280. The molecule has 0 atom stereocenters. The fourth-order valence-corrected chi connectivity index (χ4v) is 1.49. The van der Waals surface area contributed by atoms with Gasteiger partial charge in [0, 0.05) is 5.56 Å². The molecule has 0 spiro atoms. The smallest absolute Gasteiger partial charge is 0.126 e. The molecule has 1 rings (SSSR count). The Morgan fingerprint density at radius 1 is 1.36 bits per heavy atom. The molecule has 1 aromatic carbocycles. The van der Waals surface area contributed by atoms with E-state index in [2.05, 4.69) is 5.92 Å². The highest BCUT2D eigenvalue weighted by Gasteiger charge is 2.22. The van der Waals surface area contributed by atoms with E-state index in [0.29, 0.717) is 0 Å². The van der Waals surface area contributed by atoms with Crippen LogP contribution < -0.4 is 4.74 Å². The molecule has 14 heavy (non-hydrogen) atoms. The first-order valence-corrected chi connectivity index (χ1v) is 4.65. The second-order valence-electron chi connectivity index (χ2n) is 3.93. The molecule has 0 unspecified atom stereocenters. The number of benzene rings is 1. The van der Waals surface area contributed by atoms with Gasteiger partial charge in [-0.2, -0.15) is 0 Å². The Morgan fingerprint density at radius 2 is 2.00 bits per heavy atom. The van der Waals surface area contributed by atoms with Gasteiger partial charge in [-0.3, -0.25) is 0 Å². The van der Waals surface area contributed by atoms with Crippen molar-refractivity contribution in [1.29, 1.82) is 0 Å². The van der Waals surface area contributed by atoms with Crippen LogP contribution >= 0.6 is 0 Å². The Kier molecular flexibility index (Phi) is 2.86. The van der Waals surface area contributed by atoms with Crippen molar-refractivity contribution >= 4 is 0 Å². The molecule has 1 nitrogen and oxygen atoms in total. The molecule has 74 valence electrons. The molecule has 0 saturated heterocycles. The third kappa shape index (κ3) is 1.75. The van der Waals surface area contributed by atoms with Crippen LogP contribution in [-0.4, -0.2) is 7.11 Å². The van der Waals surface area contributed by atoms with E-state index in [1.165, 1.54) is 0 Å². The van der Waals surface area contributed by atoms with Crippen LogP contribution in [0.25, 0.3) is 0 Å². The highest BCUT2D eigenvalue weighted by molar-refractivity contribution is 5.47. The van der Waals surface area contributed by atoms with Crippen molar-refractivity contribution in [3.05, 3.63) is 29.3 Å². The second kappa shape index (κ2) is 3.75. The molecule has 0 aliphatic rings. The largest absolute Gasteiger partial charge is 0.496 e. The molecular weight excluding hydrogens is 172 g/mol. The quantitative estimate of drug-likeness (QED) is 0.648. The molecule has 0 fully saturated rings. The number of para-hydroxylation sites is 1. The van der Waals surface area contributed by atoms with Gasteiger partial charge in [0.05, 0.1) is 12.5 Å². The summed E-state index contributed by atoms with van der Waals surface area (Å²) in [4.78, 5) is 0. The fraction of sp³-hybridized carbons (Fsp3) is 0.385. The average Bonchev–Trinajstić information content (AvgIpc) is 2.17. The predicted octanol–water partition coefficient (Wildman–Crippen LogP) is 2.91. The summed E-state index contributed by atoms with van der Waals surface area (Å²) in [6.45, 7) is 6.06. The summed E-state index contributed by atoms with van der Waals surface area (Å²) in [5.41, 5.74) is 1.91. The maximum atomic E-state index is 5.51. The van der Waals surface area contributed by atoms with Crippen molar-refractivity contribution in [3.63, 3.8) is 0 Å². The highest BCUT2D eigenvalue weighted by Crippen LogP contribution is 2.33. The Hall–Kier alpha value is -1.42. The lowest BCUT2D eigenvalue weighted by Crippen LogP contribution is -2.15. The highest BCUT2D eigenvalue weighted by atomic mass is 16.5. The fourth-order valence-electron chi connectivity index (χ4n) is 1.49. The summed E-state index contributed by atoms with van der Waals surface area (Å²) in [6.07, 6.45) is 5.51. The Labute approximate surface area is 86.1 Å². The van der Waals surface area contributed by atoms with E-state index in [9.17, 15) is 0 Å². The van der Waals surface area contributed by atoms with Gasteiger partial charge in [-0.25, -0.2) is 0 Å². The summed E-state index contributed by atoms with van der Waals surface area (Å²) < 4.78 is 5.37. The Balaban J connectivity index is 3.36. The van der Waals surface area contributed by atoms with Crippen LogP contribution in [0.15, 0.2) is 18.2 Å². The molecule has 0 amide bonds. The molecule has 1 heteroatoms. The average molecular weight is 188 g/mol. The number of rotatable bonds is 2. The molecule has 0 heterocycles. The maximum Gasteiger partial charge on any atom is 0.126 e. The van der Waals surface area contributed by atoms with Gasteiger partial charge in [-0.1, -0.05) is 24.1 Å². The van der Waals surface area contributed by atoms with Crippen molar-refractivity contribution in [2.24, 2.45) is 0 Å². The zero-order valence-electron chi connectivity index (χ0n) is 9.22. The number of terminal acetylenes is 1. The first-order valence-electron chi connectivity index (χ1n) is 4.65. The Morgan fingerprint density at radius 3 is 2.50 bits per heavy atom. The first kappa shape index (κ1) is 10.7. The van der Waals surface area contributed by atoms with Crippen molar-refractivity contribution in [2.75, 3.05) is 7.11 Å². The van der Waals surface area contributed by atoms with Crippen LogP contribution in [0.3, 0.4) is 0 Å². The molecule has 0 aliphatic carbocycles. The van der Waals surface area contributed by atoms with Gasteiger partial charge in [0.25, 0.3) is 0 Å². The van der Waals surface area contributed by atoms with E-state index < -0.39 is 0 Å². The summed E-state index contributed by atoms with van der Waals surface area (Å²) in [5.74, 6) is 3.68. The molecule has 0 aromatic heterocycles. The third-order valence-corrected chi connectivity index (χ3v) is 2.45. The van der Waals surface area contributed by atoms with Crippen LogP contribution in [0.2, 0.25) is 0 Å². The van der Waals surface area contributed by atoms with Gasteiger partial charge >= 0.3 is 0 Å². The topological polar surface area (TPSA) is 9.23 Å². The van der Waals surface area contributed by atoms with Gasteiger partial charge in [0.2, 0.25) is 0 Å². The zero-order valence-corrected chi connectivity index (χ0v) is 9.22. The van der Waals surface area contributed by atoms with E-state index in [4.69, 9.17) is 11.2 Å².